The SMILES string of the molecule is O=C(C1CCN(C(=O)C2(c3ccc(F)cc3)CC2)CC1)N1CCOCC1. The lowest BCUT2D eigenvalue weighted by atomic mass is 9.90. The van der Waals surface area contributed by atoms with Crippen molar-refractivity contribution in [1.82, 2.24) is 9.80 Å². The summed E-state index contributed by atoms with van der Waals surface area (Å²) in [5.41, 5.74) is 0.449. The van der Waals surface area contributed by atoms with Crippen molar-refractivity contribution in [3.8, 4) is 0 Å². The van der Waals surface area contributed by atoms with E-state index < -0.39 is 5.41 Å². The second kappa shape index (κ2) is 6.99. The molecule has 0 atom stereocenters. The molecule has 2 saturated heterocycles. The first-order valence-electron chi connectivity index (χ1n) is 9.52. The Morgan fingerprint density at radius 3 is 2.15 bits per heavy atom. The van der Waals surface area contributed by atoms with Gasteiger partial charge in [-0.25, -0.2) is 4.39 Å². The van der Waals surface area contributed by atoms with Crippen LogP contribution in [0.5, 0.6) is 0 Å². The van der Waals surface area contributed by atoms with Crippen LogP contribution in [-0.2, 0) is 19.7 Å². The maximum Gasteiger partial charge on any atom is 0.233 e. The van der Waals surface area contributed by atoms with Gasteiger partial charge in [-0.2, -0.15) is 0 Å². The quantitative estimate of drug-likeness (QED) is 0.828. The summed E-state index contributed by atoms with van der Waals surface area (Å²) in [6.45, 7) is 3.83. The number of halogens is 1. The topological polar surface area (TPSA) is 49.9 Å². The van der Waals surface area contributed by atoms with E-state index >= 15 is 0 Å². The minimum absolute atomic E-state index is 0.0122. The summed E-state index contributed by atoms with van der Waals surface area (Å²) in [7, 11) is 0. The average Bonchev–Trinajstić information content (AvgIpc) is 3.50. The maximum absolute atomic E-state index is 13.2. The molecule has 6 heteroatoms. The molecule has 4 rings (SSSR count). The Hall–Kier alpha value is -1.95. The van der Waals surface area contributed by atoms with Crippen molar-refractivity contribution in [1.29, 1.82) is 0 Å². The third kappa shape index (κ3) is 3.22. The molecular weight excluding hydrogens is 335 g/mol. The van der Waals surface area contributed by atoms with Gasteiger partial charge < -0.3 is 14.5 Å². The maximum atomic E-state index is 13.2. The Kier molecular flexibility index (Phi) is 4.69. The van der Waals surface area contributed by atoms with E-state index in [-0.39, 0.29) is 23.5 Å². The zero-order chi connectivity index (χ0) is 18.1. The Balaban J connectivity index is 1.36. The Labute approximate surface area is 153 Å². The molecule has 0 radical (unpaired) electrons. The van der Waals surface area contributed by atoms with Crippen molar-refractivity contribution < 1.29 is 18.7 Å². The number of carbonyl (C=O) groups is 2. The number of hydrogen-bond donors (Lipinski definition) is 0. The third-order valence-electron chi connectivity index (χ3n) is 6.01. The normalized spacial score (nSPS) is 23.0. The van der Waals surface area contributed by atoms with Gasteiger partial charge in [-0.3, -0.25) is 9.59 Å². The van der Waals surface area contributed by atoms with Crippen LogP contribution in [-0.4, -0.2) is 61.0 Å². The summed E-state index contributed by atoms with van der Waals surface area (Å²) in [4.78, 5) is 29.5. The standard InChI is InChI=1S/C20H25FN2O3/c21-17-3-1-16(2-4-17)20(7-8-20)19(25)23-9-5-15(6-10-23)18(24)22-11-13-26-14-12-22/h1-4,15H,5-14H2. The van der Waals surface area contributed by atoms with Crippen LogP contribution in [0.1, 0.15) is 31.2 Å². The van der Waals surface area contributed by atoms with Gasteiger partial charge in [-0.05, 0) is 43.4 Å². The highest BCUT2D eigenvalue weighted by Crippen LogP contribution is 2.50. The van der Waals surface area contributed by atoms with Crippen LogP contribution in [0.25, 0.3) is 0 Å². The molecule has 0 aromatic heterocycles. The fourth-order valence-electron chi connectivity index (χ4n) is 4.19. The predicted octanol–water partition coefficient (Wildman–Crippen LogP) is 1.95. The number of morpholine rings is 1. The molecule has 1 aliphatic carbocycles. The number of ether oxygens (including phenoxy) is 1. The first kappa shape index (κ1) is 17.5. The smallest absolute Gasteiger partial charge is 0.233 e. The first-order valence-corrected chi connectivity index (χ1v) is 9.52. The van der Waals surface area contributed by atoms with Crippen LogP contribution in [0, 0.1) is 11.7 Å². The van der Waals surface area contributed by atoms with Crippen LogP contribution in [0.4, 0.5) is 4.39 Å². The lowest BCUT2D eigenvalue weighted by Gasteiger charge is -2.37. The molecule has 26 heavy (non-hydrogen) atoms. The molecule has 2 amide bonds. The highest BCUT2D eigenvalue weighted by atomic mass is 19.1. The lowest BCUT2D eigenvalue weighted by molar-refractivity contribution is -0.144. The van der Waals surface area contributed by atoms with Gasteiger partial charge in [0.05, 0.1) is 18.6 Å². The number of likely N-dealkylation sites (tertiary alicyclic amines) is 1. The minimum atomic E-state index is -0.464. The van der Waals surface area contributed by atoms with E-state index in [2.05, 4.69) is 0 Å². The van der Waals surface area contributed by atoms with E-state index in [0.29, 0.717) is 39.4 Å². The first-order chi connectivity index (χ1) is 12.6. The zero-order valence-corrected chi connectivity index (χ0v) is 15.0. The van der Waals surface area contributed by atoms with Gasteiger partial charge in [0.25, 0.3) is 0 Å². The summed E-state index contributed by atoms with van der Waals surface area (Å²) >= 11 is 0. The van der Waals surface area contributed by atoms with Crippen LogP contribution in [0.15, 0.2) is 24.3 Å². The molecule has 2 heterocycles. The fourth-order valence-corrected chi connectivity index (χ4v) is 4.19. The minimum Gasteiger partial charge on any atom is -0.378 e. The van der Waals surface area contributed by atoms with Gasteiger partial charge in [0.15, 0.2) is 0 Å². The summed E-state index contributed by atoms with van der Waals surface area (Å²) in [5, 5.41) is 0. The number of carbonyl (C=O) groups excluding carboxylic acids is 2. The highest BCUT2D eigenvalue weighted by molar-refractivity contribution is 5.91. The van der Waals surface area contributed by atoms with E-state index in [9.17, 15) is 14.0 Å². The molecule has 140 valence electrons. The largest absolute Gasteiger partial charge is 0.378 e. The summed E-state index contributed by atoms with van der Waals surface area (Å²) in [6, 6.07) is 6.32. The van der Waals surface area contributed by atoms with Crippen molar-refractivity contribution in [2.45, 2.75) is 31.1 Å². The number of piperidine rings is 1. The molecular formula is C20H25FN2O3. The van der Waals surface area contributed by atoms with Gasteiger partial charge in [0.2, 0.25) is 11.8 Å². The molecule has 0 bridgehead atoms. The van der Waals surface area contributed by atoms with Crippen LogP contribution < -0.4 is 0 Å². The molecule has 0 N–H and O–H groups in total. The summed E-state index contributed by atoms with van der Waals surface area (Å²) < 4.78 is 18.5. The predicted molar refractivity (Wildman–Crippen MR) is 94.0 cm³/mol. The van der Waals surface area contributed by atoms with Crippen molar-refractivity contribution in [3.63, 3.8) is 0 Å². The van der Waals surface area contributed by atoms with Crippen molar-refractivity contribution in [2.75, 3.05) is 39.4 Å². The van der Waals surface area contributed by atoms with Crippen molar-refractivity contribution >= 4 is 11.8 Å². The van der Waals surface area contributed by atoms with Gasteiger partial charge in [0, 0.05) is 32.1 Å². The van der Waals surface area contributed by atoms with Gasteiger partial charge in [-0.1, -0.05) is 12.1 Å². The number of amides is 2. The number of rotatable bonds is 3. The van der Waals surface area contributed by atoms with E-state index in [1.807, 2.05) is 9.80 Å². The van der Waals surface area contributed by atoms with Gasteiger partial charge in [-0.15, -0.1) is 0 Å². The lowest BCUT2D eigenvalue weighted by Crippen LogP contribution is -2.49. The molecule has 5 nitrogen and oxygen atoms in total. The van der Waals surface area contributed by atoms with E-state index in [4.69, 9.17) is 4.74 Å². The van der Waals surface area contributed by atoms with Crippen LogP contribution >= 0.6 is 0 Å². The van der Waals surface area contributed by atoms with Gasteiger partial charge >= 0.3 is 0 Å². The average molecular weight is 360 g/mol. The van der Waals surface area contributed by atoms with Crippen LogP contribution in [0.3, 0.4) is 0 Å². The molecule has 0 spiro atoms. The molecule has 0 unspecified atom stereocenters. The second-order valence-corrected chi connectivity index (χ2v) is 7.59. The summed E-state index contributed by atoms with van der Waals surface area (Å²) in [6.07, 6.45) is 3.09. The van der Waals surface area contributed by atoms with E-state index in [0.717, 1.165) is 31.2 Å². The molecule has 3 aliphatic rings. The molecule has 2 aliphatic heterocycles. The number of benzene rings is 1. The van der Waals surface area contributed by atoms with Gasteiger partial charge in [0.1, 0.15) is 5.82 Å². The van der Waals surface area contributed by atoms with E-state index in [1.54, 1.807) is 12.1 Å². The van der Waals surface area contributed by atoms with E-state index in [1.165, 1.54) is 12.1 Å². The Morgan fingerprint density at radius 2 is 1.58 bits per heavy atom. The molecule has 1 saturated carbocycles. The fraction of sp³-hybridized carbons (Fsp3) is 0.600. The Morgan fingerprint density at radius 1 is 0.962 bits per heavy atom. The monoisotopic (exact) mass is 360 g/mol. The molecule has 1 aromatic carbocycles. The van der Waals surface area contributed by atoms with Crippen molar-refractivity contribution in [3.05, 3.63) is 35.6 Å². The molecule has 3 fully saturated rings. The summed E-state index contributed by atoms with van der Waals surface area (Å²) in [5.74, 6) is 0.0824. The Bertz CT molecular complexity index is 673. The third-order valence-corrected chi connectivity index (χ3v) is 6.01. The number of nitrogens with zero attached hydrogens (tertiary/aromatic N) is 2. The zero-order valence-electron chi connectivity index (χ0n) is 15.0. The second-order valence-electron chi connectivity index (χ2n) is 7.59. The van der Waals surface area contributed by atoms with Crippen LogP contribution in [0.2, 0.25) is 0 Å². The highest BCUT2D eigenvalue weighted by Gasteiger charge is 2.53. The number of hydrogen-bond acceptors (Lipinski definition) is 3. The molecule has 1 aromatic rings. The van der Waals surface area contributed by atoms with Crippen molar-refractivity contribution in [2.24, 2.45) is 5.92 Å².